The Hall–Kier alpha value is -4.58. The number of methoxy groups -OCH3 is 1. The number of carbonyl (C=O) groups excluding carboxylic acids is 2. The number of halogens is 2. The van der Waals surface area contributed by atoms with Crippen LogP contribution in [0.25, 0.3) is 6.08 Å². The number of ether oxygens (including phenoxy) is 5. The molecule has 0 spiro atoms. The molecule has 5 rings (SSSR count). The topological polar surface area (TPSA) is 115 Å². The quantitative estimate of drug-likeness (QED) is 0.174. The van der Waals surface area contributed by atoms with Crippen molar-refractivity contribution in [2.45, 2.75) is 33.4 Å². The molecule has 4 aromatic rings. The SMILES string of the molecule is CCOC(=O)C1=C(C)N=c2s/c(=C/c3cccc(OCc4ccc(Cl)cc4Cl)c3)c(=O)n2[C@H]1c1ccc(OCC(=O)OC)c(OCC)c1. The van der Waals surface area contributed by atoms with Gasteiger partial charge in [-0.2, -0.15) is 0 Å². The van der Waals surface area contributed by atoms with E-state index in [2.05, 4.69) is 9.73 Å². The number of thiazole rings is 1. The molecule has 1 aliphatic heterocycles. The Morgan fingerprint density at radius 1 is 0.979 bits per heavy atom. The Morgan fingerprint density at radius 2 is 1.79 bits per heavy atom. The summed E-state index contributed by atoms with van der Waals surface area (Å²) in [6.45, 7) is 5.58. The zero-order valence-electron chi connectivity index (χ0n) is 26.6. The molecule has 1 atom stereocenters. The van der Waals surface area contributed by atoms with Crippen molar-refractivity contribution < 1.29 is 33.3 Å². The summed E-state index contributed by atoms with van der Waals surface area (Å²) in [5, 5.41) is 1.04. The number of fused-ring (bicyclic) bond motifs is 1. The second kappa shape index (κ2) is 15.5. The molecule has 1 aliphatic rings. The van der Waals surface area contributed by atoms with Gasteiger partial charge in [0.05, 0.1) is 42.2 Å². The highest BCUT2D eigenvalue weighted by Gasteiger charge is 2.34. The number of rotatable bonds is 12. The van der Waals surface area contributed by atoms with Gasteiger partial charge in [-0.15, -0.1) is 0 Å². The van der Waals surface area contributed by atoms with E-state index in [1.165, 1.54) is 23.0 Å². The van der Waals surface area contributed by atoms with Crippen LogP contribution in [0.3, 0.4) is 0 Å². The summed E-state index contributed by atoms with van der Waals surface area (Å²) in [5.74, 6) is 0.0687. The van der Waals surface area contributed by atoms with Gasteiger partial charge in [0, 0.05) is 15.6 Å². The molecule has 0 unspecified atom stereocenters. The minimum Gasteiger partial charge on any atom is -0.490 e. The molecule has 3 aromatic carbocycles. The lowest BCUT2D eigenvalue weighted by atomic mass is 9.95. The zero-order chi connectivity index (χ0) is 34.4. The number of hydrogen-bond acceptors (Lipinski definition) is 10. The van der Waals surface area contributed by atoms with Gasteiger partial charge in [-0.1, -0.05) is 58.8 Å². The fourth-order valence-electron chi connectivity index (χ4n) is 5.03. The van der Waals surface area contributed by atoms with Crippen LogP contribution >= 0.6 is 34.5 Å². The summed E-state index contributed by atoms with van der Waals surface area (Å²) >= 11 is 13.5. The number of hydrogen-bond donors (Lipinski definition) is 0. The summed E-state index contributed by atoms with van der Waals surface area (Å²) in [5.41, 5.74) is 2.36. The van der Waals surface area contributed by atoms with Crippen LogP contribution < -0.4 is 29.1 Å². The standard InChI is InChI=1S/C35H32Cl2N2O8S/c1-5-44-28-16-22(11-13-27(28)47-19-30(40)43-4)32-31(34(42)45-6-2)20(3)38-35-39(32)33(41)29(48-35)15-21-8-7-9-25(14-21)46-18-23-10-12-24(36)17-26(23)37/h7-17,32H,5-6,18-19H2,1-4H3/b29-15+/t32-/m0/s1. The molecule has 2 heterocycles. The molecule has 0 radical (unpaired) electrons. The van der Waals surface area contributed by atoms with E-state index in [0.717, 1.165) is 11.1 Å². The van der Waals surface area contributed by atoms with Gasteiger partial charge in [0.1, 0.15) is 12.4 Å². The van der Waals surface area contributed by atoms with Crippen LogP contribution in [0, 0.1) is 0 Å². The summed E-state index contributed by atoms with van der Waals surface area (Å²) in [7, 11) is 1.27. The van der Waals surface area contributed by atoms with E-state index in [9.17, 15) is 14.4 Å². The minimum atomic E-state index is -0.880. The van der Waals surface area contributed by atoms with Crippen LogP contribution in [0.4, 0.5) is 0 Å². The number of allylic oxidation sites excluding steroid dienone is 1. The smallest absolute Gasteiger partial charge is 0.343 e. The van der Waals surface area contributed by atoms with Crippen LogP contribution in [0.1, 0.15) is 43.5 Å². The van der Waals surface area contributed by atoms with Crippen molar-refractivity contribution >= 4 is 52.6 Å². The van der Waals surface area contributed by atoms with Gasteiger partial charge in [0.15, 0.2) is 22.9 Å². The van der Waals surface area contributed by atoms with Crippen LogP contribution in [-0.4, -0.2) is 43.4 Å². The fraction of sp³-hybridized carbons (Fsp3) is 0.257. The van der Waals surface area contributed by atoms with Crippen molar-refractivity contribution in [1.82, 2.24) is 4.57 Å². The lowest BCUT2D eigenvalue weighted by molar-refractivity contribution is -0.143. The summed E-state index contributed by atoms with van der Waals surface area (Å²) in [4.78, 5) is 44.2. The normalized spacial score (nSPS) is 14.2. The predicted octanol–water partition coefficient (Wildman–Crippen LogP) is 5.63. The third kappa shape index (κ3) is 7.75. The van der Waals surface area contributed by atoms with E-state index in [-0.39, 0.29) is 31.0 Å². The van der Waals surface area contributed by atoms with Crippen LogP contribution in [0.2, 0.25) is 10.0 Å². The highest BCUT2D eigenvalue weighted by molar-refractivity contribution is 7.07. The van der Waals surface area contributed by atoms with E-state index in [4.69, 9.17) is 42.1 Å². The van der Waals surface area contributed by atoms with Crippen LogP contribution in [0.15, 0.2) is 81.7 Å². The molecule has 48 heavy (non-hydrogen) atoms. The van der Waals surface area contributed by atoms with Crippen molar-refractivity contribution in [3.05, 3.63) is 118 Å². The number of benzene rings is 3. The van der Waals surface area contributed by atoms with Gasteiger partial charge >= 0.3 is 11.9 Å². The van der Waals surface area contributed by atoms with Gasteiger partial charge in [-0.25, -0.2) is 14.6 Å². The van der Waals surface area contributed by atoms with Gasteiger partial charge in [-0.3, -0.25) is 9.36 Å². The molecule has 0 N–H and O–H groups in total. The fourth-order valence-corrected chi connectivity index (χ4v) is 6.54. The zero-order valence-corrected chi connectivity index (χ0v) is 28.9. The Morgan fingerprint density at radius 3 is 2.52 bits per heavy atom. The Labute approximate surface area is 290 Å². The number of carbonyl (C=O) groups is 2. The van der Waals surface area contributed by atoms with Crippen molar-refractivity contribution in [2.24, 2.45) is 4.99 Å². The third-order valence-electron chi connectivity index (χ3n) is 7.24. The Bertz CT molecular complexity index is 2070. The molecule has 0 saturated carbocycles. The van der Waals surface area contributed by atoms with E-state index in [1.54, 1.807) is 63.2 Å². The summed E-state index contributed by atoms with van der Waals surface area (Å²) in [6, 6.07) is 16.7. The maximum atomic E-state index is 14.1. The van der Waals surface area contributed by atoms with Crippen molar-refractivity contribution in [1.29, 1.82) is 0 Å². The molecule has 13 heteroatoms. The lowest BCUT2D eigenvalue weighted by Crippen LogP contribution is -2.40. The molecule has 0 fully saturated rings. The second-order valence-electron chi connectivity index (χ2n) is 10.4. The second-order valence-corrected chi connectivity index (χ2v) is 12.3. The van der Waals surface area contributed by atoms with E-state index >= 15 is 0 Å². The molecule has 1 aromatic heterocycles. The molecule has 0 amide bonds. The first-order valence-electron chi connectivity index (χ1n) is 15.0. The maximum Gasteiger partial charge on any atom is 0.343 e. The highest BCUT2D eigenvalue weighted by Crippen LogP contribution is 2.36. The number of nitrogens with zero attached hydrogens (tertiary/aromatic N) is 2. The first-order chi connectivity index (χ1) is 23.1. The van der Waals surface area contributed by atoms with Gasteiger partial charge in [0.25, 0.3) is 5.56 Å². The monoisotopic (exact) mass is 710 g/mol. The average molecular weight is 712 g/mol. The molecule has 0 aliphatic carbocycles. The average Bonchev–Trinajstić information content (AvgIpc) is 3.36. The number of esters is 2. The van der Waals surface area contributed by atoms with Crippen molar-refractivity contribution in [2.75, 3.05) is 26.9 Å². The first-order valence-corrected chi connectivity index (χ1v) is 16.5. The molecule has 250 valence electrons. The third-order valence-corrected chi connectivity index (χ3v) is 8.81. The van der Waals surface area contributed by atoms with Gasteiger partial charge in [0.2, 0.25) is 0 Å². The van der Waals surface area contributed by atoms with Crippen LogP contribution in [0.5, 0.6) is 17.2 Å². The molecule has 10 nitrogen and oxygen atoms in total. The summed E-state index contributed by atoms with van der Waals surface area (Å²) in [6.07, 6.45) is 1.75. The van der Waals surface area contributed by atoms with E-state index < -0.39 is 18.0 Å². The van der Waals surface area contributed by atoms with E-state index in [1.807, 2.05) is 24.3 Å². The van der Waals surface area contributed by atoms with Crippen molar-refractivity contribution in [3.8, 4) is 17.2 Å². The summed E-state index contributed by atoms with van der Waals surface area (Å²) < 4.78 is 29.4. The lowest BCUT2D eigenvalue weighted by Gasteiger charge is -2.25. The predicted molar refractivity (Wildman–Crippen MR) is 183 cm³/mol. The highest BCUT2D eigenvalue weighted by atomic mass is 35.5. The number of aromatic nitrogens is 1. The Balaban J connectivity index is 1.55. The van der Waals surface area contributed by atoms with Gasteiger partial charge in [-0.05, 0) is 74.4 Å². The Kier molecular flexibility index (Phi) is 11.3. The molecular weight excluding hydrogens is 679 g/mol. The minimum absolute atomic E-state index is 0.139. The van der Waals surface area contributed by atoms with Gasteiger partial charge < -0.3 is 23.7 Å². The molecule has 0 saturated heterocycles. The van der Waals surface area contributed by atoms with Crippen LogP contribution in [-0.2, 0) is 25.7 Å². The first kappa shape index (κ1) is 34.7. The van der Waals surface area contributed by atoms with Crippen molar-refractivity contribution in [3.63, 3.8) is 0 Å². The largest absolute Gasteiger partial charge is 0.490 e. The van der Waals surface area contributed by atoms with E-state index in [0.29, 0.717) is 54.5 Å². The molecule has 0 bridgehead atoms. The molecular formula is C35H32Cl2N2O8S. The maximum absolute atomic E-state index is 14.1.